The van der Waals surface area contributed by atoms with Gasteiger partial charge in [0.05, 0.1) is 6.10 Å². The SMILES string of the molecule is CC(C)NCC1CCCOC1c1c(F)cccc1Cl. The van der Waals surface area contributed by atoms with E-state index in [4.69, 9.17) is 16.3 Å². The number of halogens is 2. The van der Waals surface area contributed by atoms with Crippen LogP contribution in [-0.4, -0.2) is 19.2 Å². The zero-order chi connectivity index (χ0) is 13.8. The summed E-state index contributed by atoms with van der Waals surface area (Å²) in [5.74, 6) is -0.000466. The van der Waals surface area contributed by atoms with Crippen molar-refractivity contribution in [3.8, 4) is 0 Å². The molecule has 0 amide bonds. The molecule has 1 aromatic rings. The molecule has 2 nitrogen and oxygen atoms in total. The van der Waals surface area contributed by atoms with E-state index >= 15 is 0 Å². The maximum Gasteiger partial charge on any atom is 0.130 e. The summed E-state index contributed by atoms with van der Waals surface area (Å²) in [5, 5.41) is 3.87. The van der Waals surface area contributed by atoms with Gasteiger partial charge < -0.3 is 10.1 Å². The fraction of sp³-hybridized carbons (Fsp3) is 0.600. The second-order valence-electron chi connectivity index (χ2n) is 5.39. The number of hydrogen-bond acceptors (Lipinski definition) is 2. The minimum Gasteiger partial charge on any atom is -0.373 e. The molecule has 1 fully saturated rings. The Morgan fingerprint density at radius 2 is 2.26 bits per heavy atom. The highest BCUT2D eigenvalue weighted by Crippen LogP contribution is 2.38. The quantitative estimate of drug-likeness (QED) is 0.904. The van der Waals surface area contributed by atoms with Gasteiger partial charge in [-0.3, -0.25) is 0 Å². The van der Waals surface area contributed by atoms with Crippen LogP contribution in [0.4, 0.5) is 4.39 Å². The Kier molecular flexibility index (Phi) is 5.20. The molecule has 106 valence electrons. The molecule has 0 aromatic heterocycles. The second kappa shape index (κ2) is 6.69. The Balaban J connectivity index is 2.19. The standard InChI is InChI=1S/C15H21ClFNO/c1-10(2)18-9-11-5-4-8-19-15(11)14-12(16)6-3-7-13(14)17/h3,6-7,10-11,15,18H,4-5,8-9H2,1-2H3. The average molecular weight is 286 g/mol. The number of benzene rings is 1. The summed E-state index contributed by atoms with van der Waals surface area (Å²) in [6, 6.07) is 5.22. The van der Waals surface area contributed by atoms with Crippen LogP contribution in [0.2, 0.25) is 5.02 Å². The van der Waals surface area contributed by atoms with Crippen molar-refractivity contribution >= 4 is 11.6 Å². The molecule has 2 atom stereocenters. The predicted molar refractivity (Wildman–Crippen MR) is 76.0 cm³/mol. The first-order valence-electron chi connectivity index (χ1n) is 6.88. The third kappa shape index (κ3) is 3.68. The van der Waals surface area contributed by atoms with Gasteiger partial charge in [0.1, 0.15) is 5.82 Å². The van der Waals surface area contributed by atoms with Crippen LogP contribution in [0.1, 0.15) is 38.4 Å². The van der Waals surface area contributed by atoms with Crippen molar-refractivity contribution in [2.75, 3.05) is 13.2 Å². The number of rotatable bonds is 4. The molecule has 0 bridgehead atoms. The van der Waals surface area contributed by atoms with Crippen LogP contribution in [0, 0.1) is 11.7 Å². The van der Waals surface area contributed by atoms with E-state index in [0.717, 1.165) is 19.4 Å². The predicted octanol–water partition coefficient (Wildman–Crippen LogP) is 3.94. The molecule has 2 rings (SSSR count). The molecule has 1 aromatic carbocycles. The molecule has 1 heterocycles. The summed E-state index contributed by atoms with van der Waals surface area (Å²) in [6.45, 7) is 5.71. The van der Waals surface area contributed by atoms with E-state index in [0.29, 0.717) is 23.2 Å². The van der Waals surface area contributed by atoms with Gasteiger partial charge in [0.2, 0.25) is 0 Å². The lowest BCUT2D eigenvalue weighted by Crippen LogP contribution is -2.35. The van der Waals surface area contributed by atoms with Gasteiger partial charge in [-0.2, -0.15) is 0 Å². The molecule has 2 unspecified atom stereocenters. The summed E-state index contributed by atoms with van der Waals surface area (Å²) < 4.78 is 19.8. The van der Waals surface area contributed by atoms with Gasteiger partial charge in [0, 0.05) is 35.7 Å². The van der Waals surface area contributed by atoms with Gasteiger partial charge in [0.25, 0.3) is 0 Å². The fourth-order valence-electron chi connectivity index (χ4n) is 2.54. The van der Waals surface area contributed by atoms with Gasteiger partial charge in [-0.05, 0) is 25.0 Å². The van der Waals surface area contributed by atoms with Gasteiger partial charge in [-0.15, -0.1) is 0 Å². The first-order chi connectivity index (χ1) is 9.09. The number of ether oxygens (including phenoxy) is 1. The molecule has 1 aliphatic rings. The van der Waals surface area contributed by atoms with Crippen molar-refractivity contribution in [1.82, 2.24) is 5.32 Å². The zero-order valence-electron chi connectivity index (χ0n) is 11.5. The van der Waals surface area contributed by atoms with E-state index in [-0.39, 0.29) is 17.8 Å². The Hall–Kier alpha value is -0.640. The fourth-order valence-corrected chi connectivity index (χ4v) is 2.81. The Morgan fingerprint density at radius 1 is 1.47 bits per heavy atom. The highest BCUT2D eigenvalue weighted by atomic mass is 35.5. The first-order valence-corrected chi connectivity index (χ1v) is 7.26. The summed E-state index contributed by atoms with van der Waals surface area (Å²) in [4.78, 5) is 0. The van der Waals surface area contributed by atoms with E-state index in [1.807, 2.05) is 0 Å². The van der Waals surface area contributed by atoms with Crippen LogP contribution < -0.4 is 5.32 Å². The monoisotopic (exact) mass is 285 g/mol. The molecule has 19 heavy (non-hydrogen) atoms. The third-order valence-corrected chi connectivity index (χ3v) is 3.85. The van der Waals surface area contributed by atoms with E-state index in [2.05, 4.69) is 19.2 Å². The highest BCUT2D eigenvalue weighted by Gasteiger charge is 2.31. The van der Waals surface area contributed by atoms with Gasteiger partial charge in [-0.1, -0.05) is 31.5 Å². The van der Waals surface area contributed by atoms with Crippen molar-refractivity contribution in [1.29, 1.82) is 0 Å². The highest BCUT2D eigenvalue weighted by molar-refractivity contribution is 6.31. The van der Waals surface area contributed by atoms with Gasteiger partial charge >= 0.3 is 0 Å². The van der Waals surface area contributed by atoms with Gasteiger partial charge in [0.15, 0.2) is 0 Å². The first kappa shape index (κ1) is 14.8. The molecule has 1 N–H and O–H groups in total. The van der Waals surface area contributed by atoms with Crippen molar-refractivity contribution in [2.45, 2.75) is 38.8 Å². The molecule has 0 saturated carbocycles. The van der Waals surface area contributed by atoms with Gasteiger partial charge in [-0.25, -0.2) is 4.39 Å². The second-order valence-corrected chi connectivity index (χ2v) is 5.80. The van der Waals surface area contributed by atoms with Crippen LogP contribution in [0.15, 0.2) is 18.2 Å². The minimum absolute atomic E-state index is 0.242. The summed E-state index contributed by atoms with van der Waals surface area (Å²) >= 11 is 6.15. The lowest BCUT2D eigenvalue weighted by molar-refractivity contribution is -0.0300. The Morgan fingerprint density at radius 3 is 2.95 bits per heavy atom. The van der Waals surface area contributed by atoms with Crippen LogP contribution in [0.25, 0.3) is 0 Å². The molecular formula is C15H21ClFNO. The van der Waals surface area contributed by atoms with Crippen molar-refractivity contribution in [3.05, 3.63) is 34.6 Å². The zero-order valence-corrected chi connectivity index (χ0v) is 12.2. The largest absolute Gasteiger partial charge is 0.373 e. The Bertz CT molecular complexity index is 404. The molecule has 0 aliphatic carbocycles. The molecule has 1 saturated heterocycles. The number of nitrogens with one attached hydrogen (secondary N) is 1. The van der Waals surface area contributed by atoms with Crippen LogP contribution in [-0.2, 0) is 4.74 Å². The van der Waals surface area contributed by atoms with Crippen molar-refractivity contribution in [3.63, 3.8) is 0 Å². The smallest absolute Gasteiger partial charge is 0.130 e. The van der Waals surface area contributed by atoms with Crippen LogP contribution in [0.3, 0.4) is 0 Å². The maximum atomic E-state index is 14.0. The normalized spacial score (nSPS) is 23.8. The molecule has 4 heteroatoms. The van der Waals surface area contributed by atoms with E-state index < -0.39 is 0 Å². The number of hydrogen-bond donors (Lipinski definition) is 1. The summed E-state index contributed by atoms with van der Waals surface area (Å²) in [6.07, 6.45) is 1.82. The third-order valence-electron chi connectivity index (χ3n) is 3.52. The molecule has 0 spiro atoms. The Labute approximate surface area is 119 Å². The molecule has 0 radical (unpaired) electrons. The van der Waals surface area contributed by atoms with Crippen LogP contribution >= 0.6 is 11.6 Å². The minimum atomic E-state index is -0.269. The van der Waals surface area contributed by atoms with Crippen LogP contribution in [0.5, 0.6) is 0 Å². The van der Waals surface area contributed by atoms with Crippen molar-refractivity contribution < 1.29 is 9.13 Å². The molecule has 1 aliphatic heterocycles. The maximum absolute atomic E-state index is 14.0. The average Bonchev–Trinajstić information content (AvgIpc) is 2.37. The van der Waals surface area contributed by atoms with Crippen molar-refractivity contribution in [2.24, 2.45) is 5.92 Å². The topological polar surface area (TPSA) is 21.3 Å². The lowest BCUT2D eigenvalue weighted by atomic mass is 9.89. The summed E-state index contributed by atoms with van der Waals surface area (Å²) in [5.41, 5.74) is 0.513. The lowest BCUT2D eigenvalue weighted by Gasteiger charge is -2.33. The van der Waals surface area contributed by atoms with E-state index in [9.17, 15) is 4.39 Å². The van der Waals surface area contributed by atoms with E-state index in [1.165, 1.54) is 6.07 Å². The van der Waals surface area contributed by atoms with E-state index in [1.54, 1.807) is 12.1 Å². The summed E-state index contributed by atoms with van der Waals surface area (Å²) in [7, 11) is 0. The molecular weight excluding hydrogens is 265 g/mol.